The molecule has 0 aliphatic carbocycles. The van der Waals surface area contributed by atoms with E-state index in [-0.39, 0.29) is 17.9 Å². The topological polar surface area (TPSA) is 40.5 Å². The Kier molecular flexibility index (Phi) is 5.28. The van der Waals surface area contributed by atoms with E-state index >= 15 is 0 Å². The fourth-order valence-electron chi connectivity index (χ4n) is 2.33. The normalized spacial score (nSPS) is 20.5. The number of rotatable bonds is 5. The Morgan fingerprint density at radius 3 is 2.84 bits per heavy atom. The van der Waals surface area contributed by atoms with Gasteiger partial charge in [-0.3, -0.25) is 4.79 Å². The molecule has 1 saturated heterocycles. The van der Waals surface area contributed by atoms with Crippen molar-refractivity contribution in [1.29, 1.82) is 0 Å². The smallest absolute Gasteiger partial charge is 0.232 e. The van der Waals surface area contributed by atoms with Crippen LogP contribution in [-0.4, -0.2) is 40.9 Å². The minimum atomic E-state index is -0.310. The van der Waals surface area contributed by atoms with Crippen LogP contribution in [0.25, 0.3) is 0 Å². The highest BCUT2D eigenvalue weighted by atomic mass is 32.2. The van der Waals surface area contributed by atoms with Gasteiger partial charge in [0.15, 0.2) is 0 Å². The molecule has 1 heterocycles. The predicted molar refractivity (Wildman–Crippen MR) is 79.0 cm³/mol. The summed E-state index contributed by atoms with van der Waals surface area (Å²) in [6.07, 6.45) is 0.613. The van der Waals surface area contributed by atoms with Crippen LogP contribution in [0.2, 0.25) is 0 Å². The largest absolute Gasteiger partial charge is 0.393 e. The number of benzene rings is 1. The summed E-state index contributed by atoms with van der Waals surface area (Å²) < 4.78 is 0. The van der Waals surface area contributed by atoms with E-state index in [1.807, 2.05) is 30.0 Å². The zero-order valence-corrected chi connectivity index (χ0v) is 12.1. The van der Waals surface area contributed by atoms with Crippen molar-refractivity contribution in [3.05, 3.63) is 35.9 Å². The van der Waals surface area contributed by atoms with E-state index in [1.54, 1.807) is 11.8 Å². The van der Waals surface area contributed by atoms with Gasteiger partial charge in [0.2, 0.25) is 5.91 Å². The first kappa shape index (κ1) is 14.4. The molecule has 2 unspecified atom stereocenters. The molecule has 2 atom stereocenters. The Morgan fingerprint density at radius 1 is 1.47 bits per heavy atom. The van der Waals surface area contributed by atoms with Crippen LogP contribution in [0.1, 0.15) is 18.9 Å². The maximum atomic E-state index is 12.0. The number of hydrogen-bond donors (Lipinski definition) is 1. The molecule has 0 bridgehead atoms. The molecule has 104 valence electrons. The third-order valence-electron chi connectivity index (χ3n) is 3.60. The highest BCUT2D eigenvalue weighted by Gasteiger charge is 2.28. The van der Waals surface area contributed by atoms with Crippen LogP contribution in [0, 0.1) is 5.92 Å². The van der Waals surface area contributed by atoms with Crippen molar-refractivity contribution in [2.24, 2.45) is 5.92 Å². The Morgan fingerprint density at radius 2 is 2.21 bits per heavy atom. The van der Waals surface area contributed by atoms with E-state index in [4.69, 9.17) is 0 Å². The fourth-order valence-corrected chi connectivity index (χ4v) is 3.22. The molecule has 0 radical (unpaired) electrons. The molecular weight excluding hydrogens is 258 g/mol. The summed E-state index contributed by atoms with van der Waals surface area (Å²) in [5, 5.41) is 9.53. The third kappa shape index (κ3) is 4.25. The zero-order chi connectivity index (χ0) is 13.7. The summed E-state index contributed by atoms with van der Waals surface area (Å²) in [5.41, 5.74) is 1.25. The summed E-state index contributed by atoms with van der Waals surface area (Å²) in [6, 6.07) is 10.2. The fraction of sp³-hybridized carbons (Fsp3) is 0.533. The first-order valence-electron chi connectivity index (χ1n) is 6.74. The van der Waals surface area contributed by atoms with E-state index in [9.17, 15) is 9.90 Å². The van der Waals surface area contributed by atoms with E-state index in [2.05, 4.69) is 12.1 Å². The maximum Gasteiger partial charge on any atom is 0.232 e. The quantitative estimate of drug-likeness (QED) is 0.898. The average Bonchev–Trinajstić information content (AvgIpc) is 2.89. The number of hydrogen-bond acceptors (Lipinski definition) is 3. The van der Waals surface area contributed by atoms with Crippen molar-refractivity contribution in [2.75, 3.05) is 18.8 Å². The lowest BCUT2D eigenvalue weighted by molar-refractivity contribution is -0.127. The summed E-state index contributed by atoms with van der Waals surface area (Å²) in [5.74, 6) is 1.86. The minimum absolute atomic E-state index is 0.198. The van der Waals surface area contributed by atoms with Gasteiger partial charge in [0.25, 0.3) is 0 Å². The Hall–Kier alpha value is -1.00. The molecular formula is C15H21NO2S. The predicted octanol–water partition coefficient (Wildman–Crippen LogP) is 2.15. The molecule has 0 spiro atoms. The first-order valence-corrected chi connectivity index (χ1v) is 7.90. The number of likely N-dealkylation sites (tertiary alicyclic amines) is 1. The van der Waals surface area contributed by atoms with E-state index in [0.29, 0.717) is 12.3 Å². The molecule has 1 aliphatic heterocycles. The standard InChI is InChI=1S/C15H21NO2S/c1-12(17)14-7-8-16(9-14)15(18)11-19-10-13-5-3-2-4-6-13/h2-6,12,14,17H,7-11H2,1H3. The minimum Gasteiger partial charge on any atom is -0.393 e. The van der Waals surface area contributed by atoms with Gasteiger partial charge in [-0.05, 0) is 18.9 Å². The van der Waals surface area contributed by atoms with Crippen molar-refractivity contribution >= 4 is 17.7 Å². The second kappa shape index (κ2) is 6.96. The number of carbonyl (C=O) groups is 1. The zero-order valence-electron chi connectivity index (χ0n) is 11.3. The summed E-state index contributed by atoms with van der Waals surface area (Å²) in [6.45, 7) is 3.31. The number of nitrogens with zero attached hydrogens (tertiary/aromatic N) is 1. The van der Waals surface area contributed by atoms with Crippen molar-refractivity contribution in [1.82, 2.24) is 4.90 Å². The molecule has 4 heteroatoms. The van der Waals surface area contributed by atoms with E-state index in [0.717, 1.165) is 18.7 Å². The van der Waals surface area contributed by atoms with Crippen molar-refractivity contribution in [2.45, 2.75) is 25.2 Å². The molecule has 1 aromatic rings. The highest BCUT2D eigenvalue weighted by Crippen LogP contribution is 2.21. The summed E-state index contributed by atoms with van der Waals surface area (Å²) in [4.78, 5) is 13.9. The molecule has 0 saturated carbocycles. The molecule has 19 heavy (non-hydrogen) atoms. The van der Waals surface area contributed by atoms with Crippen molar-refractivity contribution in [3.8, 4) is 0 Å². The van der Waals surface area contributed by atoms with Crippen molar-refractivity contribution in [3.63, 3.8) is 0 Å². The molecule has 1 aliphatic rings. The number of carbonyl (C=O) groups excluding carboxylic acids is 1. The molecule has 3 nitrogen and oxygen atoms in total. The molecule has 0 aromatic heterocycles. The molecule has 1 N–H and O–H groups in total. The maximum absolute atomic E-state index is 12.0. The van der Waals surface area contributed by atoms with Gasteiger partial charge in [0.1, 0.15) is 0 Å². The highest BCUT2D eigenvalue weighted by molar-refractivity contribution is 7.99. The van der Waals surface area contributed by atoms with Crippen LogP contribution >= 0.6 is 11.8 Å². The second-order valence-electron chi connectivity index (χ2n) is 5.11. The van der Waals surface area contributed by atoms with Gasteiger partial charge in [-0.25, -0.2) is 0 Å². The summed E-state index contributed by atoms with van der Waals surface area (Å²) >= 11 is 1.66. The van der Waals surface area contributed by atoms with E-state index in [1.165, 1.54) is 5.56 Å². The number of aliphatic hydroxyl groups excluding tert-OH is 1. The van der Waals surface area contributed by atoms with Crippen LogP contribution < -0.4 is 0 Å². The number of aliphatic hydroxyl groups is 1. The molecule has 1 amide bonds. The van der Waals surface area contributed by atoms with Gasteiger partial charge < -0.3 is 10.0 Å². The monoisotopic (exact) mass is 279 g/mol. The van der Waals surface area contributed by atoms with Crippen LogP contribution in [0.15, 0.2) is 30.3 Å². The van der Waals surface area contributed by atoms with Gasteiger partial charge in [-0.2, -0.15) is 0 Å². The van der Waals surface area contributed by atoms with Gasteiger partial charge in [0, 0.05) is 24.8 Å². The Labute approximate surface area is 119 Å². The Bertz CT molecular complexity index is 408. The Balaban J connectivity index is 1.71. The van der Waals surface area contributed by atoms with Crippen LogP contribution in [0.3, 0.4) is 0 Å². The lowest BCUT2D eigenvalue weighted by Crippen LogP contribution is -2.31. The number of amides is 1. The third-order valence-corrected chi connectivity index (χ3v) is 4.59. The lowest BCUT2D eigenvalue weighted by atomic mass is 10.0. The van der Waals surface area contributed by atoms with Crippen molar-refractivity contribution < 1.29 is 9.90 Å². The van der Waals surface area contributed by atoms with Gasteiger partial charge >= 0.3 is 0 Å². The van der Waals surface area contributed by atoms with Gasteiger partial charge in [-0.15, -0.1) is 11.8 Å². The van der Waals surface area contributed by atoms with E-state index < -0.39 is 0 Å². The van der Waals surface area contributed by atoms with Crippen LogP contribution in [0.5, 0.6) is 0 Å². The SMILES string of the molecule is CC(O)C1CCN(C(=O)CSCc2ccccc2)C1. The summed E-state index contributed by atoms with van der Waals surface area (Å²) in [7, 11) is 0. The van der Waals surface area contributed by atoms with Gasteiger partial charge in [0.05, 0.1) is 11.9 Å². The molecule has 1 aromatic carbocycles. The van der Waals surface area contributed by atoms with Crippen LogP contribution in [-0.2, 0) is 10.5 Å². The lowest BCUT2D eigenvalue weighted by Gasteiger charge is -2.17. The first-order chi connectivity index (χ1) is 9.16. The number of thioether (sulfide) groups is 1. The second-order valence-corrected chi connectivity index (χ2v) is 6.09. The van der Waals surface area contributed by atoms with Crippen LogP contribution in [0.4, 0.5) is 0 Å². The molecule has 2 rings (SSSR count). The van der Waals surface area contributed by atoms with Gasteiger partial charge in [-0.1, -0.05) is 30.3 Å². The average molecular weight is 279 g/mol. The molecule has 1 fully saturated rings.